The minimum Gasteiger partial charge on any atom is -0.476 e. The number of carbonyl (C=O) groups is 1. The van der Waals surface area contributed by atoms with Crippen LogP contribution in [0, 0.1) is 0 Å². The number of aliphatic hydroxyl groups excluding tert-OH is 1. The first-order valence-electron chi connectivity index (χ1n) is 5.39. The molecule has 0 saturated heterocycles. The third-order valence-electron chi connectivity index (χ3n) is 2.53. The molecule has 0 amide bonds. The van der Waals surface area contributed by atoms with Gasteiger partial charge in [0.25, 0.3) is 0 Å². The highest BCUT2D eigenvalue weighted by Gasteiger charge is 2.22. The summed E-state index contributed by atoms with van der Waals surface area (Å²) in [6.45, 7) is 0.407. The Morgan fingerprint density at radius 1 is 1.50 bits per heavy atom. The van der Waals surface area contributed by atoms with Gasteiger partial charge in [-0.05, 0) is 6.42 Å². The van der Waals surface area contributed by atoms with Crippen LogP contribution in [0.15, 0.2) is 12.5 Å². The fraction of sp³-hybridized carbons (Fsp3) is 0.400. The molecule has 8 nitrogen and oxygen atoms in total. The summed E-state index contributed by atoms with van der Waals surface area (Å²) >= 11 is 0. The molecule has 0 aliphatic carbocycles. The zero-order chi connectivity index (χ0) is 13.1. The van der Waals surface area contributed by atoms with Crippen molar-refractivity contribution in [1.29, 1.82) is 0 Å². The number of hydrogen-bond donors (Lipinski definition) is 2. The van der Waals surface area contributed by atoms with Crippen molar-refractivity contribution in [3.05, 3.63) is 18.2 Å². The minimum atomic E-state index is -1.14. The first kappa shape index (κ1) is 12.2. The van der Waals surface area contributed by atoms with Crippen LogP contribution in [0.25, 0.3) is 11.4 Å². The van der Waals surface area contributed by atoms with Gasteiger partial charge in [0, 0.05) is 20.2 Å². The van der Waals surface area contributed by atoms with E-state index in [1.165, 1.54) is 4.68 Å². The van der Waals surface area contributed by atoms with Crippen molar-refractivity contribution in [2.24, 2.45) is 7.05 Å². The number of aliphatic hydroxyl groups is 1. The summed E-state index contributed by atoms with van der Waals surface area (Å²) in [7, 11) is 1.76. The van der Waals surface area contributed by atoms with E-state index < -0.39 is 5.97 Å². The topological polar surface area (TPSA) is 106 Å². The van der Waals surface area contributed by atoms with Gasteiger partial charge in [-0.15, -0.1) is 5.10 Å². The lowest BCUT2D eigenvalue weighted by Crippen LogP contribution is -2.08. The van der Waals surface area contributed by atoms with Gasteiger partial charge in [-0.1, -0.05) is 5.21 Å². The number of aromatic carboxylic acids is 1. The Hall–Kier alpha value is -2.22. The predicted octanol–water partition coefficient (Wildman–Crippen LogP) is -0.241. The van der Waals surface area contributed by atoms with Crippen molar-refractivity contribution >= 4 is 5.97 Å². The van der Waals surface area contributed by atoms with Crippen molar-refractivity contribution in [3.63, 3.8) is 0 Å². The van der Waals surface area contributed by atoms with Gasteiger partial charge in [-0.2, -0.15) is 0 Å². The molecule has 2 rings (SSSR count). The molecule has 0 fully saturated rings. The quantitative estimate of drug-likeness (QED) is 0.759. The number of hydrogen-bond acceptors (Lipinski definition) is 5. The average molecular weight is 251 g/mol. The Morgan fingerprint density at radius 3 is 2.83 bits per heavy atom. The maximum absolute atomic E-state index is 11.1. The standard InChI is InChI=1S/C10H13N5O3/c1-14-6-11-5-7(14)9-8(10(17)18)12-13-15(9)3-2-4-16/h5-6,16H,2-4H2,1H3,(H,17,18). The van der Waals surface area contributed by atoms with Crippen LogP contribution in [0.4, 0.5) is 0 Å². The van der Waals surface area contributed by atoms with Gasteiger partial charge >= 0.3 is 5.97 Å². The first-order valence-corrected chi connectivity index (χ1v) is 5.39. The summed E-state index contributed by atoms with van der Waals surface area (Å²) in [5, 5.41) is 25.4. The maximum Gasteiger partial charge on any atom is 0.358 e. The average Bonchev–Trinajstić information content (AvgIpc) is 2.91. The van der Waals surface area contributed by atoms with Crippen LogP contribution in [0.1, 0.15) is 16.9 Å². The molecule has 0 atom stereocenters. The van der Waals surface area contributed by atoms with Crippen LogP contribution < -0.4 is 0 Å². The molecule has 0 saturated carbocycles. The molecule has 2 aromatic heterocycles. The second-order valence-electron chi connectivity index (χ2n) is 3.78. The molecule has 0 spiro atoms. The third-order valence-corrected chi connectivity index (χ3v) is 2.53. The van der Waals surface area contributed by atoms with E-state index in [0.717, 1.165) is 0 Å². The Balaban J connectivity index is 2.50. The molecule has 8 heteroatoms. The molecule has 0 aliphatic heterocycles. The number of nitrogens with zero attached hydrogens (tertiary/aromatic N) is 5. The fourth-order valence-corrected chi connectivity index (χ4v) is 1.67. The molecule has 0 unspecified atom stereocenters. The lowest BCUT2D eigenvalue weighted by Gasteiger charge is -2.06. The molecular formula is C10H13N5O3. The number of aryl methyl sites for hydroxylation is 2. The van der Waals surface area contributed by atoms with Crippen LogP contribution in [0.3, 0.4) is 0 Å². The van der Waals surface area contributed by atoms with E-state index in [-0.39, 0.29) is 12.3 Å². The lowest BCUT2D eigenvalue weighted by atomic mass is 10.2. The Labute approximate surface area is 102 Å². The zero-order valence-corrected chi connectivity index (χ0v) is 9.81. The highest BCUT2D eigenvalue weighted by molar-refractivity contribution is 5.92. The van der Waals surface area contributed by atoms with E-state index in [0.29, 0.717) is 24.4 Å². The molecule has 0 aromatic carbocycles. The summed E-state index contributed by atoms with van der Waals surface area (Å²) in [6, 6.07) is 0. The predicted molar refractivity (Wildman–Crippen MR) is 60.9 cm³/mol. The Bertz CT molecular complexity index is 560. The van der Waals surface area contributed by atoms with Gasteiger partial charge in [-0.25, -0.2) is 14.5 Å². The number of imidazole rings is 1. The van der Waals surface area contributed by atoms with Crippen molar-refractivity contribution < 1.29 is 15.0 Å². The largest absolute Gasteiger partial charge is 0.476 e. The molecular weight excluding hydrogens is 238 g/mol. The van der Waals surface area contributed by atoms with Crippen LogP contribution in [0.2, 0.25) is 0 Å². The van der Waals surface area contributed by atoms with Gasteiger partial charge in [0.05, 0.1) is 18.2 Å². The molecule has 0 bridgehead atoms. The van der Waals surface area contributed by atoms with Crippen LogP contribution >= 0.6 is 0 Å². The summed E-state index contributed by atoms with van der Waals surface area (Å²) in [5.74, 6) is -1.14. The SMILES string of the molecule is Cn1cncc1-c1c(C(=O)O)nnn1CCCO. The maximum atomic E-state index is 11.1. The van der Waals surface area contributed by atoms with E-state index in [9.17, 15) is 4.79 Å². The monoisotopic (exact) mass is 251 g/mol. The minimum absolute atomic E-state index is 0.00704. The van der Waals surface area contributed by atoms with Gasteiger partial charge < -0.3 is 14.8 Å². The van der Waals surface area contributed by atoms with Crippen molar-refractivity contribution in [2.45, 2.75) is 13.0 Å². The van der Waals surface area contributed by atoms with E-state index in [4.69, 9.17) is 10.2 Å². The summed E-state index contributed by atoms with van der Waals surface area (Å²) in [6.07, 6.45) is 3.61. The van der Waals surface area contributed by atoms with E-state index >= 15 is 0 Å². The van der Waals surface area contributed by atoms with Crippen LogP contribution in [-0.4, -0.2) is 47.3 Å². The highest BCUT2D eigenvalue weighted by Crippen LogP contribution is 2.21. The molecule has 18 heavy (non-hydrogen) atoms. The smallest absolute Gasteiger partial charge is 0.358 e. The second-order valence-corrected chi connectivity index (χ2v) is 3.78. The van der Waals surface area contributed by atoms with E-state index in [1.807, 2.05) is 0 Å². The van der Waals surface area contributed by atoms with Gasteiger partial charge in [0.15, 0.2) is 5.69 Å². The highest BCUT2D eigenvalue weighted by atomic mass is 16.4. The van der Waals surface area contributed by atoms with Gasteiger partial charge in [-0.3, -0.25) is 0 Å². The van der Waals surface area contributed by atoms with Crippen molar-refractivity contribution in [1.82, 2.24) is 24.5 Å². The zero-order valence-electron chi connectivity index (χ0n) is 9.81. The molecule has 0 radical (unpaired) electrons. The van der Waals surface area contributed by atoms with Gasteiger partial charge in [0.1, 0.15) is 5.69 Å². The summed E-state index contributed by atoms with van der Waals surface area (Å²) in [4.78, 5) is 15.1. The van der Waals surface area contributed by atoms with E-state index in [1.54, 1.807) is 24.1 Å². The number of aromatic nitrogens is 5. The normalized spacial score (nSPS) is 10.8. The van der Waals surface area contributed by atoms with Crippen LogP contribution in [-0.2, 0) is 13.6 Å². The molecule has 96 valence electrons. The Morgan fingerprint density at radius 2 is 2.28 bits per heavy atom. The second kappa shape index (κ2) is 4.96. The molecule has 2 aromatic rings. The molecule has 2 heterocycles. The summed E-state index contributed by atoms with van der Waals surface area (Å²) < 4.78 is 3.16. The first-order chi connectivity index (χ1) is 8.65. The number of carboxylic acid groups (broad SMARTS) is 1. The number of carboxylic acids is 1. The van der Waals surface area contributed by atoms with Crippen molar-refractivity contribution in [3.8, 4) is 11.4 Å². The van der Waals surface area contributed by atoms with Crippen LogP contribution in [0.5, 0.6) is 0 Å². The third kappa shape index (κ3) is 2.09. The van der Waals surface area contributed by atoms with E-state index in [2.05, 4.69) is 15.3 Å². The summed E-state index contributed by atoms with van der Waals surface area (Å²) in [5.41, 5.74) is 0.905. The lowest BCUT2D eigenvalue weighted by molar-refractivity contribution is 0.0691. The fourth-order valence-electron chi connectivity index (χ4n) is 1.67. The van der Waals surface area contributed by atoms with Crippen molar-refractivity contribution in [2.75, 3.05) is 6.61 Å². The molecule has 0 aliphatic rings. The molecule has 2 N–H and O–H groups in total. The number of rotatable bonds is 5. The Kier molecular flexibility index (Phi) is 3.38. The van der Waals surface area contributed by atoms with Gasteiger partial charge in [0.2, 0.25) is 0 Å².